The second-order valence-corrected chi connectivity index (χ2v) is 9.91. The Kier molecular flexibility index (Phi) is 7.59. The summed E-state index contributed by atoms with van der Waals surface area (Å²) in [5.41, 5.74) is 5.17. The van der Waals surface area contributed by atoms with Gasteiger partial charge in [0.2, 0.25) is 0 Å². The van der Waals surface area contributed by atoms with Crippen LogP contribution in [0.5, 0.6) is 0 Å². The van der Waals surface area contributed by atoms with Crippen LogP contribution in [-0.4, -0.2) is 35.0 Å². The van der Waals surface area contributed by atoms with Gasteiger partial charge in [-0.25, -0.2) is 18.9 Å². The van der Waals surface area contributed by atoms with Gasteiger partial charge in [-0.3, -0.25) is 4.84 Å². The number of carbonyl (C=O) groups is 1. The van der Waals surface area contributed by atoms with Crippen LogP contribution in [0.2, 0.25) is 0 Å². The Morgan fingerprint density at radius 1 is 1.28 bits per heavy atom. The molecule has 1 fully saturated rings. The highest BCUT2D eigenvalue weighted by Crippen LogP contribution is 2.52. The van der Waals surface area contributed by atoms with Gasteiger partial charge in [-0.15, -0.1) is 0 Å². The molecule has 0 bridgehead atoms. The van der Waals surface area contributed by atoms with Crippen molar-refractivity contribution in [2.45, 2.75) is 45.6 Å². The molecule has 190 valence electrons. The third-order valence-electron chi connectivity index (χ3n) is 7.82. The van der Waals surface area contributed by atoms with E-state index in [0.717, 1.165) is 48.2 Å². The summed E-state index contributed by atoms with van der Waals surface area (Å²) in [4.78, 5) is 17.8. The van der Waals surface area contributed by atoms with E-state index in [0.29, 0.717) is 5.92 Å². The molecule has 0 saturated heterocycles. The van der Waals surface area contributed by atoms with E-state index >= 15 is 0 Å². The molecule has 3 atom stereocenters. The summed E-state index contributed by atoms with van der Waals surface area (Å²) in [6, 6.07) is 16.0. The van der Waals surface area contributed by atoms with Crippen molar-refractivity contribution in [1.82, 2.24) is 20.2 Å². The fraction of sp³-hybridized carbons (Fsp3) is 0.379. The molecule has 2 aromatic carbocycles. The van der Waals surface area contributed by atoms with Gasteiger partial charge < -0.3 is 5.32 Å². The zero-order valence-electron chi connectivity index (χ0n) is 21.5. The maximum absolute atomic E-state index is 13.4. The second kappa shape index (κ2) is 10.7. The van der Waals surface area contributed by atoms with Crippen LogP contribution in [0, 0.1) is 24.1 Å². The summed E-state index contributed by atoms with van der Waals surface area (Å²) < 4.78 is 15.3. The van der Waals surface area contributed by atoms with Gasteiger partial charge in [0.15, 0.2) is 0 Å². The zero-order valence-corrected chi connectivity index (χ0v) is 21.5. The van der Waals surface area contributed by atoms with Crippen molar-refractivity contribution in [1.29, 1.82) is 0 Å². The van der Waals surface area contributed by atoms with Gasteiger partial charge in [-0.05, 0) is 79.3 Å². The Labute approximate surface area is 212 Å². The summed E-state index contributed by atoms with van der Waals surface area (Å²) in [6.07, 6.45) is 5.47. The van der Waals surface area contributed by atoms with Crippen molar-refractivity contribution in [3.63, 3.8) is 0 Å². The normalized spacial score (nSPS) is 20.4. The molecule has 0 radical (unpaired) electrons. The molecule has 1 aliphatic rings. The Hall–Kier alpha value is -3.45. The van der Waals surface area contributed by atoms with Crippen LogP contribution in [0.1, 0.15) is 49.0 Å². The number of hydrogen-bond acceptors (Lipinski definition) is 3. The lowest BCUT2D eigenvalue weighted by atomic mass is 9.70. The minimum absolute atomic E-state index is 0.146. The molecule has 1 heterocycles. The molecule has 36 heavy (non-hydrogen) atoms. The van der Waals surface area contributed by atoms with Crippen LogP contribution in [-0.2, 0) is 11.3 Å². The largest absolute Gasteiger partial charge is 0.341 e. The Balaban J connectivity index is 1.58. The number of halogens is 1. The van der Waals surface area contributed by atoms with Crippen LogP contribution in [0.25, 0.3) is 5.69 Å². The number of hydrogen-bond donors (Lipinski definition) is 1. The number of aromatic nitrogens is 2. The van der Waals surface area contributed by atoms with E-state index in [1.165, 1.54) is 29.9 Å². The van der Waals surface area contributed by atoms with Crippen LogP contribution >= 0.6 is 0 Å². The SMILES string of the molecule is C=C1CC[C@H](CC(NC(=O)N(C)OC)c2ccccc2)[C@@]1(C)Cc1cnn(-c2ccc(F)cc2)c1C. The van der Waals surface area contributed by atoms with Crippen molar-refractivity contribution in [2.75, 3.05) is 14.2 Å². The summed E-state index contributed by atoms with van der Waals surface area (Å²) in [7, 11) is 3.07. The van der Waals surface area contributed by atoms with E-state index < -0.39 is 0 Å². The van der Waals surface area contributed by atoms with Crippen molar-refractivity contribution in [2.24, 2.45) is 11.3 Å². The number of hydroxylamine groups is 2. The highest BCUT2D eigenvalue weighted by Gasteiger charge is 2.43. The van der Waals surface area contributed by atoms with E-state index in [2.05, 4.69) is 43.0 Å². The van der Waals surface area contributed by atoms with E-state index in [-0.39, 0.29) is 23.3 Å². The molecule has 0 aliphatic heterocycles. The van der Waals surface area contributed by atoms with Crippen LogP contribution in [0.15, 0.2) is 72.9 Å². The van der Waals surface area contributed by atoms with Gasteiger partial charge in [0, 0.05) is 12.7 Å². The molecule has 4 rings (SSSR count). The van der Waals surface area contributed by atoms with Gasteiger partial charge in [0.25, 0.3) is 0 Å². The fourth-order valence-corrected chi connectivity index (χ4v) is 5.31. The van der Waals surface area contributed by atoms with Crippen LogP contribution in [0.4, 0.5) is 9.18 Å². The Morgan fingerprint density at radius 2 is 1.97 bits per heavy atom. The molecule has 3 aromatic rings. The average molecular weight is 491 g/mol. The molecular formula is C29H35FN4O2. The van der Waals surface area contributed by atoms with Crippen molar-refractivity contribution in [3.05, 3.63) is 95.6 Å². The number of carbonyl (C=O) groups excluding carboxylic acids is 1. The second-order valence-electron chi connectivity index (χ2n) is 9.91. The van der Waals surface area contributed by atoms with E-state index in [9.17, 15) is 9.18 Å². The molecule has 1 saturated carbocycles. The van der Waals surface area contributed by atoms with Gasteiger partial charge >= 0.3 is 6.03 Å². The highest BCUT2D eigenvalue weighted by molar-refractivity contribution is 5.73. The lowest BCUT2D eigenvalue weighted by molar-refractivity contribution is -0.0658. The number of rotatable bonds is 8. The molecule has 0 spiro atoms. The summed E-state index contributed by atoms with van der Waals surface area (Å²) >= 11 is 0. The van der Waals surface area contributed by atoms with E-state index in [4.69, 9.17) is 4.84 Å². The third-order valence-corrected chi connectivity index (χ3v) is 7.82. The summed E-state index contributed by atoms with van der Waals surface area (Å²) in [6.45, 7) is 8.79. The third kappa shape index (κ3) is 5.21. The first-order valence-corrected chi connectivity index (χ1v) is 12.3. The molecule has 2 amide bonds. The lowest BCUT2D eigenvalue weighted by Gasteiger charge is -2.36. The summed E-state index contributed by atoms with van der Waals surface area (Å²) in [5.74, 6) is 0.0510. The monoisotopic (exact) mass is 490 g/mol. The molecule has 1 N–H and O–H groups in total. The quantitative estimate of drug-likeness (QED) is 0.303. The number of nitrogens with one attached hydrogen (secondary N) is 1. The zero-order chi connectivity index (χ0) is 25.9. The van der Waals surface area contributed by atoms with Crippen molar-refractivity contribution >= 4 is 6.03 Å². The van der Waals surface area contributed by atoms with Gasteiger partial charge in [-0.2, -0.15) is 5.10 Å². The molecule has 7 heteroatoms. The number of benzene rings is 2. The van der Waals surface area contributed by atoms with Crippen LogP contribution in [0.3, 0.4) is 0 Å². The van der Waals surface area contributed by atoms with Gasteiger partial charge in [0.05, 0.1) is 25.0 Å². The maximum atomic E-state index is 13.4. The first kappa shape index (κ1) is 25.6. The predicted molar refractivity (Wildman–Crippen MR) is 139 cm³/mol. The molecule has 1 aromatic heterocycles. The Morgan fingerprint density at radius 3 is 2.64 bits per heavy atom. The Bertz CT molecular complexity index is 1210. The minimum Gasteiger partial charge on any atom is -0.329 e. The lowest BCUT2D eigenvalue weighted by Crippen LogP contribution is -2.40. The first-order chi connectivity index (χ1) is 17.2. The number of allylic oxidation sites excluding steroid dienone is 1. The molecule has 1 aliphatic carbocycles. The van der Waals surface area contributed by atoms with E-state index in [1.54, 1.807) is 19.2 Å². The highest BCUT2D eigenvalue weighted by atomic mass is 19.1. The topological polar surface area (TPSA) is 59.4 Å². The standard InChI is InChI=1S/C29H35FN4O2/c1-20-11-12-24(17-27(22-9-7-6-8-10-22)32-28(35)33(4)36-5)29(20,3)18-23-19-31-34(21(23)2)26-15-13-25(30)14-16-26/h6-10,13-16,19,24,27H,1,11-12,17-18H2,2-5H3,(H,32,35)/t24-,27?,29+/m1/s1. The van der Waals surface area contributed by atoms with E-state index in [1.807, 2.05) is 29.1 Å². The molecular weight excluding hydrogens is 455 g/mol. The number of amides is 2. The smallest absolute Gasteiger partial charge is 0.329 e. The van der Waals surface area contributed by atoms with Crippen molar-refractivity contribution < 1.29 is 14.0 Å². The average Bonchev–Trinajstić information content (AvgIpc) is 3.38. The molecule has 1 unspecified atom stereocenters. The van der Waals surface area contributed by atoms with Crippen LogP contribution < -0.4 is 5.32 Å². The minimum atomic E-state index is -0.277. The first-order valence-electron chi connectivity index (χ1n) is 12.3. The number of nitrogens with zero attached hydrogens (tertiary/aromatic N) is 3. The van der Waals surface area contributed by atoms with Gasteiger partial charge in [0.1, 0.15) is 5.82 Å². The predicted octanol–water partition coefficient (Wildman–Crippen LogP) is 6.17. The maximum Gasteiger partial charge on any atom is 0.341 e. The molecule has 6 nitrogen and oxygen atoms in total. The number of urea groups is 1. The fourth-order valence-electron chi connectivity index (χ4n) is 5.31. The summed E-state index contributed by atoms with van der Waals surface area (Å²) in [5, 5.41) is 8.96. The van der Waals surface area contributed by atoms with Crippen molar-refractivity contribution in [3.8, 4) is 5.69 Å². The van der Waals surface area contributed by atoms with Gasteiger partial charge in [-0.1, -0.05) is 49.4 Å².